The van der Waals surface area contributed by atoms with Gasteiger partial charge in [0.1, 0.15) is 6.54 Å². The maximum absolute atomic E-state index is 12.6. The number of hydrogen-bond donors (Lipinski definition) is 0. The van der Waals surface area contributed by atoms with Gasteiger partial charge in [-0.05, 0) is 31.6 Å². The van der Waals surface area contributed by atoms with Crippen LogP contribution in [0.5, 0.6) is 0 Å². The minimum absolute atomic E-state index is 0.0910. The van der Waals surface area contributed by atoms with E-state index in [4.69, 9.17) is 0 Å². The molecule has 2 saturated heterocycles. The van der Waals surface area contributed by atoms with Crippen molar-refractivity contribution in [2.24, 2.45) is 11.3 Å². The van der Waals surface area contributed by atoms with E-state index in [1.54, 1.807) is 12.5 Å². The number of piperidine rings is 2. The molecule has 0 aromatic carbocycles. The minimum atomic E-state index is 0.0910. The molecule has 1 aromatic rings. The zero-order chi connectivity index (χ0) is 17.9. The van der Waals surface area contributed by atoms with Gasteiger partial charge in [-0.15, -0.1) is 0 Å². The first-order chi connectivity index (χ1) is 12.0. The number of carbonyl (C=O) groups excluding carboxylic acids is 2. The van der Waals surface area contributed by atoms with Gasteiger partial charge in [-0.1, -0.05) is 13.8 Å². The summed E-state index contributed by atoms with van der Waals surface area (Å²) >= 11 is 0. The average Bonchev–Trinajstić information content (AvgIpc) is 3.09. The van der Waals surface area contributed by atoms with Gasteiger partial charge in [0.05, 0.1) is 6.33 Å². The maximum Gasteiger partial charge on any atom is 0.242 e. The van der Waals surface area contributed by atoms with E-state index in [2.05, 4.69) is 18.8 Å². The zero-order valence-electron chi connectivity index (χ0n) is 15.5. The molecule has 2 aliphatic heterocycles. The Hall–Kier alpha value is -1.85. The lowest BCUT2D eigenvalue weighted by Crippen LogP contribution is -2.55. The molecule has 3 heterocycles. The number of likely N-dealkylation sites (tertiary alicyclic amines) is 2. The number of rotatable bonds is 5. The van der Waals surface area contributed by atoms with Crippen LogP contribution in [0.2, 0.25) is 0 Å². The quantitative estimate of drug-likeness (QED) is 0.821. The molecule has 2 fully saturated rings. The second-order valence-electron chi connectivity index (χ2n) is 8.15. The summed E-state index contributed by atoms with van der Waals surface area (Å²) in [6.07, 6.45) is 9.94. The van der Waals surface area contributed by atoms with Crippen LogP contribution in [0.25, 0.3) is 0 Å². The number of hydrogen-bond acceptors (Lipinski definition) is 3. The number of carbonyl (C=O) groups is 2. The Kier molecular flexibility index (Phi) is 5.45. The molecule has 25 heavy (non-hydrogen) atoms. The van der Waals surface area contributed by atoms with Crippen molar-refractivity contribution >= 4 is 11.8 Å². The zero-order valence-corrected chi connectivity index (χ0v) is 15.5. The lowest BCUT2D eigenvalue weighted by molar-refractivity contribution is -0.143. The lowest BCUT2D eigenvalue weighted by Gasteiger charge is -2.48. The molecule has 6 heteroatoms. The summed E-state index contributed by atoms with van der Waals surface area (Å²) in [7, 11) is 0. The molecular weight excluding hydrogens is 316 g/mol. The molecule has 6 nitrogen and oxygen atoms in total. The van der Waals surface area contributed by atoms with E-state index in [0.29, 0.717) is 18.9 Å². The van der Waals surface area contributed by atoms with Gasteiger partial charge in [0.2, 0.25) is 11.8 Å². The Labute approximate surface area is 150 Å². The van der Waals surface area contributed by atoms with Crippen LogP contribution in [-0.4, -0.2) is 57.3 Å². The molecule has 2 aliphatic rings. The second-order valence-corrected chi connectivity index (χ2v) is 8.15. The Balaban J connectivity index is 1.62. The summed E-state index contributed by atoms with van der Waals surface area (Å²) in [5, 5.41) is 0. The SMILES string of the molecule is CC(C)CCN1C[C@@]2(CCCN(C(=O)Cn3ccnc3)C2)CCC1=O. The molecule has 0 saturated carbocycles. The van der Waals surface area contributed by atoms with E-state index in [1.807, 2.05) is 20.6 Å². The summed E-state index contributed by atoms with van der Waals surface area (Å²) in [4.78, 5) is 33.0. The Morgan fingerprint density at radius 2 is 2.16 bits per heavy atom. The van der Waals surface area contributed by atoms with Gasteiger partial charge >= 0.3 is 0 Å². The standard InChI is InChI=1S/C19H30N4O2/c1-16(2)5-10-23-14-19(7-4-17(23)24)6-3-9-22(13-19)18(25)12-21-11-8-20-15-21/h8,11,15-16H,3-7,9-10,12-14H2,1-2H3/t19-/m0/s1. The number of amides is 2. The molecule has 0 aliphatic carbocycles. The third-order valence-corrected chi connectivity index (χ3v) is 5.62. The van der Waals surface area contributed by atoms with Crippen molar-refractivity contribution in [1.29, 1.82) is 0 Å². The van der Waals surface area contributed by atoms with Crippen LogP contribution >= 0.6 is 0 Å². The van der Waals surface area contributed by atoms with Crippen LogP contribution in [0, 0.1) is 11.3 Å². The third-order valence-electron chi connectivity index (χ3n) is 5.62. The smallest absolute Gasteiger partial charge is 0.242 e. The van der Waals surface area contributed by atoms with Crippen molar-refractivity contribution in [3.63, 3.8) is 0 Å². The highest BCUT2D eigenvalue weighted by Gasteiger charge is 2.42. The summed E-state index contributed by atoms with van der Waals surface area (Å²) in [6, 6.07) is 0. The van der Waals surface area contributed by atoms with Gasteiger partial charge < -0.3 is 14.4 Å². The lowest BCUT2D eigenvalue weighted by atomic mass is 9.73. The number of aromatic nitrogens is 2. The molecule has 138 valence electrons. The van der Waals surface area contributed by atoms with Gasteiger partial charge in [-0.2, -0.15) is 0 Å². The van der Waals surface area contributed by atoms with Gasteiger partial charge in [-0.3, -0.25) is 9.59 Å². The van der Waals surface area contributed by atoms with Crippen molar-refractivity contribution in [3.8, 4) is 0 Å². The first-order valence-electron chi connectivity index (χ1n) is 9.49. The first-order valence-corrected chi connectivity index (χ1v) is 9.49. The highest BCUT2D eigenvalue weighted by atomic mass is 16.2. The maximum atomic E-state index is 12.6. The predicted molar refractivity (Wildman–Crippen MR) is 95.7 cm³/mol. The molecular formula is C19H30N4O2. The number of nitrogens with zero attached hydrogens (tertiary/aromatic N) is 4. The highest BCUT2D eigenvalue weighted by molar-refractivity contribution is 5.78. The van der Waals surface area contributed by atoms with Gasteiger partial charge in [0, 0.05) is 50.4 Å². The molecule has 0 N–H and O–H groups in total. The van der Waals surface area contributed by atoms with Crippen molar-refractivity contribution < 1.29 is 9.59 Å². The van der Waals surface area contributed by atoms with E-state index < -0.39 is 0 Å². The van der Waals surface area contributed by atoms with Crippen LogP contribution in [-0.2, 0) is 16.1 Å². The molecule has 1 aromatic heterocycles. The van der Waals surface area contributed by atoms with Crippen LogP contribution < -0.4 is 0 Å². The highest BCUT2D eigenvalue weighted by Crippen LogP contribution is 2.39. The predicted octanol–water partition coefficient (Wildman–Crippen LogP) is 2.16. The van der Waals surface area contributed by atoms with Crippen LogP contribution in [0.4, 0.5) is 0 Å². The van der Waals surface area contributed by atoms with Gasteiger partial charge in [0.25, 0.3) is 0 Å². The molecule has 0 bridgehead atoms. The Bertz CT molecular complexity index is 599. The van der Waals surface area contributed by atoms with Crippen molar-refractivity contribution in [2.45, 2.75) is 52.5 Å². The van der Waals surface area contributed by atoms with Crippen LogP contribution in [0.1, 0.15) is 46.0 Å². The molecule has 0 radical (unpaired) electrons. The van der Waals surface area contributed by atoms with Crippen molar-refractivity contribution in [1.82, 2.24) is 19.4 Å². The van der Waals surface area contributed by atoms with Gasteiger partial charge in [0.15, 0.2) is 0 Å². The first kappa shape index (κ1) is 18.0. The molecule has 1 spiro atoms. The Morgan fingerprint density at radius 3 is 2.88 bits per heavy atom. The van der Waals surface area contributed by atoms with Crippen LogP contribution in [0.15, 0.2) is 18.7 Å². The summed E-state index contributed by atoms with van der Waals surface area (Å²) in [6.45, 7) is 8.02. The monoisotopic (exact) mass is 346 g/mol. The summed E-state index contributed by atoms with van der Waals surface area (Å²) in [5.41, 5.74) is 0.0910. The fourth-order valence-electron chi connectivity index (χ4n) is 4.11. The second kappa shape index (κ2) is 7.58. The summed E-state index contributed by atoms with van der Waals surface area (Å²) in [5.74, 6) is 1.04. The van der Waals surface area contributed by atoms with E-state index in [0.717, 1.165) is 51.9 Å². The van der Waals surface area contributed by atoms with Crippen LogP contribution in [0.3, 0.4) is 0 Å². The summed E-state index contributed by atoms with van der Waals surface area (Å²) < 4.78 is 1.82. The van der Waals surface area contributed by atoms with Gasteiger partial charge in [-0.25, -0.2) is 4.98 Å². The van der Waals surface area contributed by atoms with E-state index in [9.17, 15) is 9.59 Å². The fourth-order valence-corrected chi connectivity index (χ4v) is 4.11. The number of imidazole rings is 1. The third kappa shape index (κ3) is 4.41. The molecule has 0 unspecified atom stereocenters. The van der Waals surface area contributed by atoms with Crippen molar-refractivity contribution in [2.75, 3.05) is 26.2 Å². The largest absolute Gasteiger partial charge is 0.342 e. The molecule has 2 amide bonds. The van der Waals surface area contributed by atoms with Crippen molar-refractivity contribution in [3.05, 3.63) is 18.7 Å². The topological polar surface area (TPSA) is 58.4 Å². The molecule has 3 rings (SSSR count). The molecule has 1 atom stereocenters. The normalized spacial score (nSPS) is 24.4. The Morgan fingerprint density at radius 1 is 1.32 bits per heavy atom. The minimum Gasteiger partial charge on any atom is -0.342 e. The van der Waals surface area contributed by atoms with E-state index >= 15 is 0 Å². The van der Waals surface area contributed by atoms with E-state index in [-0.39, 0.29) is 17.2 Å². The van der Waals surface area contributed by atoms with E-state index in [1.165, 1.54) is 0 Å². The fraction of sp³-hybridized carbons (Fsp3) is 0.737. The average molecular weight is 346 g/mol.